The molecule has 5 heteroatoms. The topological polar surface area (TPSA) is 51.8 Å². The van der Waals surface area contributed by atoms with E-state index in [0.717, 1.165) is 5.56 Å². The third kappa shape index (κ3) is 2.03. The molecule has 0 radical (unpaired) electrons. The summed E-state index contributed by atoms with van der Waals surface area (Å²) < 4.78 is 17.2. The Hall–Kier alpha value is -1.33. The first-order valence-electron chi connectivity index (χ1n) is 4.47. The fourth-order valence-corrected chi connectivity index (χ4v) is 1.86. The zero-order valence-electron chi connectivity index (χ0n) is 8.14. The van der Waals surface area contributed by atoms with Gasteiger partial charge in [-0.2, -0.15) is 0 Å². The van der Waals surface area contributed by atoms with E-state index >= 15 is 0 Å². The number of aromatic nitrogens is 2. The lowest BCUT2D eigenvalue weighted by molar-refractivity contribution is 0.596. The van der Waals surface area contributed by atoms with Crippen molar-refractivity contribution in [1.29, 1.82) is 0 Å². The van der Waals surface area contributed by atoms with Crippen LogP contribution in [0.2, 0.25) is 0 Å². The Bertz CT molecular complexity index is 456. The van der Waals surface area contributed by atoms with E-state index < -0.39 is 6.04 Å². The summed E-state index contributed by atoms with van der Waals surface area (Å²) in [5.41, 5.74) is 7.93. The van der Waals surface area contributed by atoms with Crippen LogP contribution in [0.4, 0.5) is 4.39 Å². The Morgan fingerprint density at radius 2 is 2.27 bits per heavy atom. The molecule has 78 valence electrons. The lowest BCUT2D eigenvalue weighted by atomic mass is 10.0. The summed E-state index contributed by atoms with van der Waals surface area (Å²) in [6.07, 6.45) is 0. The van der Waals surface area contributed by atoms with Crippen molar-refractivity contribution in [2.45, 2.75) is 13.0 Å². The summed E-state index contributed by atoms with van der Waals surface area (Å²) in [5.74, 6) is -0.305. The molecular weight excluding hydrogens is 213 g/mol. The third-order valence-corrected chi connectivity index (χ3v) is 2.70. The Morgan fingerprint density at radius 1 is 1.47 bits per heavy atom. The number of benzene rings is 1. The second-order valence-electron chi connectivity index (χ2n) is 3.33. The minimum atomic E-state index is -0.538. The van der Waals surface area contributed by atoms with Crippen molar-refractivity contribution in [1.82, 2.24) is 9.59 Å². The van der Waals surface area contributed by atoms with Crippen LogP contribution >= 0.6 is 11.5 Å². The molecule has 15 heavy (non-hydrogen) atoms. The van der Waals surface area contributed by atoms with Crippen LogP contribution < -0.4 is 5.73 Å². The SMILES string of the molecule is Cc1ccc(F)c(C(N)c2csnn2)c1. The first kappa shape index (κ1) is 10.2. The normalized spacial score (nSPS) is 12.7. The van der Waals surface area contributed by atoms with Gasteiger partial charge >= 0.3 is 0 Å². The van der Waals surface area contributed by atoms with Gasteiger partial charge in [0.2, 0.25) is 0 Å². The van der Waals surface area contributed by atoms with Gasteiger partial charge in [0.05, 0.1) is 11.7 Å². The highest BCUT2D eigenvalue weighted by Crippen LogP contribution is 2.22. The molecule has 0 amide bonds. The predicted octanol–water partition coefficient (Wildman–Crippen LogP) is 2.03. The zero-order chi connectivity index (χ0) is 10.8. The van der Waals surface area contributed by atoms with E-state index in [1.54, 1.807) is 17.5 Å². The minimum absolute atomic E-state index is 0.305. The maximum atomic E-state index is 13.5. The smallest absolute Gasteiger partial charge is 0.128 e. The fourth-order valence-electron chi connectivity index (χ4n) is 1.37. The fraction of sp³-hybridized carbons (Fsp3) is 0.200. The summed E-state index contributed by atoms with van der Waals surface area (Å²) in [6.45, 7) is 1.90. The van der Waals surface area contributed by atoms with E-state index in [2.05, 4.69) is 9.59 Å². The molecule has 0 aliphatic heterocycles. The van der Waals surface area contributed by atoms with Gasteiger partial charge in [0.25, 0.3) is 0 Å². The largest absolute Gasteiger partial charge is 0.319 e. The van der Waals surface area contributed by atoms with Gasteiger partial charge in [0.1, 0.15) is 5.82 Å². The van der Waals surface area contributed by atoms with Gasteiger partial charge in [-0.15, -0.1) is 5.10 Å². The highest BCUT2D eigenvalue weighted by atomic mass is 32.1. The van der Waals surface area contributed by atoms with Crippen LogP contribution in [-0.4, -0.2) is 9.59 Å². The van der Waals surface area contributed by atoms with Gasteiger partial charge < -0.3 is 5.73 Å². The third-order valence-electron chi connectivity index (χ3n) is 2.18. The summed E-state index contributed by atoms with van der Waals surface area (Å²) in [5, 5.41) is 5.57. The molecule has 0 bridgehead atoms. The van der Waals surface area contributed by atoms with Crippen molar-refractivity contribution in [3.8, 4) is 0 Å². The number of nitrogens with two attached hydrogens (primary N) is 1. The summed E-state index contributed by atoms with van der Waals surface area (Å²) >= 11 is 1.21. The molecule has 1 aromatic carbocycles. The van der Waals surface area contributed by atoms with Crippen LogP contribution in [0.1, 0.15) is 22.9 Å². The van der Waals surface area contributed by atoms with Gasteiger partial charge in [0.15, 0.2) is 0 Å². The standard InChI is InChI=1S/C10H10FN3S/c1-6-2-3-8(11)7(4-6)10(12)9-5-15-14-13-9/h2-5,10H,12H2,1H3. The zero-order valence-corrected chi connectivity index (χ0v) is 8.96. The van der Waals surface area contributed by atoms with Crippen LogP contribution in [0.15, 0.2) is 23.6 Å². The van der Waals surface area contributed by atoms with E-state index in [9.17, 15) is 4.39 Å². The molecule has 2 rings (SSSR count). The molecule has 0 fully saturated rings. The van der Waals surface area contributed by atoms with E-state index in [4.69, 9.17) is 5.73 Å². The number of aryl methyl sites for hydroxylation is 1. The molecule has 1 atom stereocenters. The maximum absolute atomic E-state index is 13.5. The Labute approximate surface area is 90.9 Å². The minimum Gasteiger partial charge on any atom is -0.319 e. The number of nitrogens with zero attached hydrogens (tertiary/aromatic N) is 2. The summed E-state index contributed by atoms with van der Waals surface area (Å²) in [7, 11) is 0. The highest BCUT2D eigenvalue weighted by molar-refractivity contribution is 7.03. The molecule has 2 aromatic rings. The monoisotopic (exact) mass is 223 g/mol. The first-order chi connectivity index (χ1) is 7.18. The van der Waals surface area contributed by atoms with Crippen molar-refractivity contribution >= 4 is 11.5 Å². The maximum Gasteiger partial charge on any atom is 0.128 e. The average molecular weight is 223 g/mol. The Kier molecular flexibility index (Phi) is 2.75. The molecular formula is C10H10FN3S. The van der Waals surface area contributed by atoms with Gasteiger partial charge in [-0.3, -0.25) is 0 Å². The van der Waals surface area contributed by atoms with E-state index in [-0.39, 0.29) is 5.82 Å². The lowest BCUT2D eigenvalue weighted by Gasteiger charge is -2.10. The summed E-state index contributed by atoms with van der Waals surface area (Å²) in [6, 6.07) is 4.33. The number of hydrogen-bond acceptors (Lipinski definition) is 4. The molecule has 0 aliphatic rings. The summed E-state index contributed by atoms with van der Waals surface area (Å²) in [4.78, 5) is 0. The molecule has 1 unspecified atom stereocenters. The molecule has 0 saturated heterocycles. The predicted molar refractivity (Wildman–Crippen MR) is 57.1 cm³/mol. The second kappa shape index (κ2) is 4.04. The number of rotatable bonds is 2. The number of halogens is 1. The Balaban J connectivity index is 2.41. The molecule has 1 aromatic heterocycles. The van der Waals surface area contributed by atoms with E-state index in [1.165, 1.54) is 17.6 Å². The quantitative estimate of drug-likeness (QED) is 0.847. The van der Waals surface area contributed by atoms with Crippen LogP contribution in [0, 0.1) is 12.7 Å². The van der Waals surface area contributed by atoms with E-state index in [0.29, 0.717) is 11.3 Å². The molecule has 0 aliphatic carbocycles. The molecule has 0 saturated carbocycles. The van der Waals surface area contributed by atoms with Crippen molar-refractivity contribution < 1.29 is 4.39 Å². The van der Waals surface area contributed by atoms with Crippen molar-refractivity contribution in [2.75, 3.05) is 0 Å². The highest BCUT2D eigenvalue weighted by Gasteiger charge is 2.15. The Morgan fingerprint density at radius 3 is 2.93 bits per heavy atom. The molecule has 0 spiro atoms. The van der Waals surface area contributed by atoms with Gasteiger partial charge in [-0.1, -0.05) is 22.2 Å². The molecule has 2 N–H and O–H groups in total. The first-order valence-corrected chi connectivity index (χ1v) is 5.30. The average Bonchev–Trinajstić information content (AvgIpc) is 2.74. The van der Waals surface area contributed by atoms with Crippen LogP contribution in [0.25, 0.3) is 0 Å². The van der Waals surface area contributed by atoms with Gasteiger partial charge in [0, 0.05) is 10.9 Å². The number of hydrogen-bond donors (Lipinski definition) is 1. The van der Waals surface area contributed by atoms with Crippen LogP contribution in [0.3, 0.4) is 0 Å². The molecule has 3 nitrogen and oxygen atoms in total. The van der Waals surface area contributed by atoms with Crippen LogP contribution in [-0.2, 0) is 0 Å². The van der Waals surface area contributed by atoms with Crippen molar-refractivity contribution in [3.05, 3.63) is 46.2 Å². The van der Waals surface area contributed by atoms with Crippen molar-refractivity contribution in [3.63, 3.8) is 0 Å². The lowest BCUT2D eigenvalue weighted by Crippen LogP contribution is -2.14. The second-order valence-corrected chi connectivity index (χ2v) is 3.94. The van der Waals surface area contributed by atoms with Crippen LogP contribution in [0.5, 0.6) is 0 Å². The van der Waals surface area contributed by atoms with Gasteiger partial charge in [-0.25, -0.2) is 4.39 Å². The molecule has 1 heterocycles. The van der Waals surface area contributed by atoms with E-state index in [1.807, 2.05) is 6.92 Å². The van der Waals surface area contributed by atoms with Crippen molar-refractivity contribution in [2.24, 2.45) is 5.73 Å². The van der Waals surface area contributed by atoms with Gasteiger partial charge in [-0.05, 0) is 24.5 Å².